The highest BCUT2D eigenvalue weighted by atomic mass is 15.4. The number of hydrogen-bond acceptors (Lipinski definition) is 3. The van der Waals surface area contributed by atoms with Crippen molar-refractivity contribution in [2.45, 2.75) is 46.0 Å². The van der Waals surface area contributed by atoms with E-state index < -0.39 is 0 Å². The van der Waals surface area contributed by atoms with Gasteiger partial charge in [-0.2, -0.15) is 0 Å². The first-order chi connectivity index (χ1) is 8.95. The lowest BCUT2D eigenvalue weighted by Gasteiger charge is -2.23. The van der Waals surface area contributed by atoms with Crippen LogP contribution in [0.25, 0.3) is 5.69 Å². The van der Waals surface area contributed by atoms with Gasteiger partial charge in [0.25, 0.3) is 0 Å². The monoisotopic (exact) mass is 258 g/mol. The van der Waals surface area contributed by atoms with E-state index >= 15 is 0 Å². The average molecular weight is 258 g/mol. The molecule has 0 aliphatic carbocycles. The van der Waals surface area contributed by atoms with Crippen molar-refractivity contribution in [1.29, 1.82) is 0 Å². The second-order valence-corrected chi connectivity index (χ2v) is 5.85. The molecule has 0 bridgehead atoms. The molecule has 0 fully saturated rings. The number of benzene rings is 1. The van der Waals surface area contributed by atoms with Crippen LogP contribution < -0.4 is 5.73 Å². The molecule has 0 saturated carbocycles. The Labute approximate surface area is 114 Å². The van der Waals surface area contributed by atoms with E-state index in [9.17, 15) is 0 Å². The number of aromatic nitrogens is 3. The molecule has 1 heterocycles. The second kappa shape index (κ2) is 5.03. The van der Waals surface area contributed by atoms with Gasteiger partial charge in [0.1, 0.15) is 0 Å². The largest absolute Gasteiger partial charge is 0.381 e. The van der Waals surface area contributed by atoms with Crippen LogP contribution in [-0.2, 0) is 11.8 Å². The van der Waals surface area contributed by atoms with Crippen molar-refractivity contribution in [2.24, 2.45) is 0 Å². The Morgan fingerprint density at radius 2 is 1.89 bits per heavy atom. The number of rotatable bonds is 3. The van der Waals surface area contributed by atoms with E-state index in [-0.39, 0.29) is 5.41 Å². The summed E-state index contributed by atoms with van der Waals surface area (Å²) in [5, 5.41) is 8.25. The van der Waals surface area contributed by atoms with Gasteiger partial charge in [-0.15, -0.1) is 5.10 Å². The fraction of sp³-hybridized carbons (Fsp3) is 0.467. The molecule has 2 aromatic rings. The maximum Gasteiger partial charge on any atom is 0.169 e. The SMILES string of the molecule is CCCc1c(N)nnn1-c1ccccc1C(C)(C)C. The topological polar surface area (TPSA) is 56.7 Å². The molecule has 1 aromatic heterocycles. The van der Waals surface area contributed by atoms with E-state index in [0.717, 1.165) is 24.2 Å². The third-order valence-electron chi connectivity index (χ3n) is 3.22. The molecular formula is C15H22N4. The molecule has 0 aliphatic rings. The summed E-state index contributed by atoms with van der Waals surface area (Å²) in [7, 11) is 0. The van der Waals surface area contributed by atoms with E-state index in [2.05, 4.69) is 56.2 Å². The summed E-state index contributed by atoms with van der Waals surface area (Å²) in [6.45, 7) is 8.73. The van der Waals surface area contributed by atoms with Crippen molar-refractivity contribution in [3.63, 3.8) is 0 Å². The predicted octanol–water partition coefficient (Wildman–Crippen LogP) is 3.10. The fourth-order valence-corrected chi connectivity index (χ4v) is 2.27. The average Bonchev–Trinajstić information content (AvgIpc) is 2.71. The number of anilines is 1. The van der Waals surface area contributed by atoms with Gasteiger partial charge in [0.15, 0.2) is 5.82 Å². The van der Waals surface area contributed by atoms with Gasteiger partial charge in [-0.3, -0.25) is 0 Å². The number of nitrogens with zero attached hydrogens (tertiary/aromatic N) is 3. The summed E-state index contributed by atoms with van der Waals surface area (Å²) in [4.78, 5) is 0. The third kappa shape index (κ3) is 2.62. The third-order valence-corrected chi connectivity index (χ3v) is 3.22. The first-order valence-electron chi connectivity index (χ1n) is 6.75. The van der Waals surface area contributed by atoms with Crippen LogP contribution in [0.1, 0.15) is 45.4 Å². The van der Waals surface area contributed by atoms with E-state index in [1.54, 1.807) is 0 Å². The molecule has 2 N–H and O–H groups in total. The van der Waals surface area contributed by atoms with Crippen molar-refractivity contribution >= 4 is 5.82 Å². The van der Waals surface area contributed by atoms with Crippen LogP contribution in [0.2, 0.25) is 0 Å². The van der Waals surface area contributed by atoms with Gasteiger partial charge in [-0.05, 0) is 23.5 Å². The predicted molar refractivity (Wildman–Crippen MR) is 78.5 cm³/mol. The summed E-state index contributed by atoms with van der Waals surface area (Å²) >= 11 is 0. The van der Waals surface area contributed by atoms with Crippen LogP contribution in [0.4, 0.5) is 5.82 Å². The molecule has 0 unspecified atom stereocenters. The maximum atomic E-state index is 5.93. The zero-order chi connectivity index (χ0) is 14.0. The molecule has 0 radical (unpaired) electrons. The molecule has 2 rings (SSSR count). The van der Waals surface area contributed by atoms with Gasteiger partial charge in [-0.1, -0.05) is 57.5 Å². The van der Waals surface area contributed by atoms with Gasteiger partial charge in [-0.25, -0.2) is 4.68 Å². The summed E-state index contributed by atoms with van der Waals surface area (Å²) in [5.74, 6) is 0.533. The molecule has 4 heteroatoms. The first-order valence-corrected chi connectivity index (χ1v) is 6.75. The second-order valence-electron chi connectivity index (χ2n) is 5.85. The normalized spacial score (nSPS) is 11.8. The Morgan fingerprint density at radius 1 is 1.21 bits per heavy atom. The summed E-state index contributed by atoms with van der Waals surface area (Å²) < 4.78 is 1.89. The van der Waals surface area contributed by atoms with Crippen LogP contribution >= 0.6 is 0 Å². The summed E-state index contributed by atoms with van der Waals surface area (Å²) in [5.41, 5.74) is 9.30. The first kappa shape index (κ1) is 13.6. The van der Waals surface area contributed by atoms with Gasteiger partial charge < -0.3 is 5.73 Å². The number of nitrogens with two attached hydrogens (primary N) is 1. The number of hydrogen-bond donors (Lipinski definition) is 1. The smallest absolute Gasteiger partial charge is 0.169 e. The van der Waals surface area contributed by atoms with E-state index in [1.807, 2.05) is 10.7 Å². The molecule has 19 heavy (non-hydrogen) atoms. The van der Waals surface area contributed by atoms with Crippen LogP contribution in [0.5, 0.6) is 0 Å². The number of nitrogen functional groups attached to an aromatic ring is 1. The van der Waals surface area contributed by atoms with E-state index in [0.29, 0.717) is 5.82 Å². The van der Waals surface area contributed by atoms with Gasteiger partial charge in [0, 0.05) is 0 Å². The van der Waals surface area contributed by atoms with E-state index in [4.69, 9.17) is 5.73 Å². The summed E-state index contributed by atoms with van der Waals surface area (Å²) in [6, 6.07) is 8.30. The van der Waals surface area contributed by atoms with Crippen LogP contribution in [0.15, 0.2) is 24.3 Å². The van der Waals surface area contributed by atoms with Gasteiger partial charge in [0.05, 0.1) is 11.4 Å². The lowest BCUT2D eigenvalue weighted by Crippen LogP contribution is -2.16. The van der Waals surface area contributed by atoms with E-state index in [1.165, 1.54) is 5.56 Å². The van der Waals surface area contributed by atoms with Crippen molar-refractivity contribution in [2.75, 3.05) is 5.73 Å². The van der Waals surface area contributed by atoms with Crippen molar-refractivity contribution in [3.8, 4) is 5.69 Å². The molecule has 1 aromatic carbocycles. The highest BCUT2D eigenvalue weighted by molar-refractivity contribution is 5.48. The molecular weight excluding hydrogens is 236 g/mol. The number of para-hydroxylation sites is 1. The highest BCUT2D eigenvalue weighted by Crippen LogP contribution is 2.29. The zero-order valence-electron chi connectivity index (χ0n) is 12.1. The molecule has 0 atom stereocenters. The Balaban J connectivity index is 2.60. The molecule has 102 valence electrons. The minimum atomic E-state index is 0.0563. The Bertz CT molecular complexity index is 564. The Hall–Kier alpha value is -1.84. The van der Waals surface area contributed by atoms with Gasteiger partial charge >= 0.3 is 0 Å². The zero-order valence-corrected chi connectivity index (χ0v) is 12.1. The molecule has 0 saturated heterocycles. The quantitative estimate of drug-likeness (QED) is 0.920. The van der Waals surface area contributed by atoms with Crippen molar-refractivity contribution < 1.29 is 0 Å². The Kier molecular flexibility index (Phi) is 3.60. The molecule has 0 spiro atoms. The van der Waals surface area contributed by atoms with Crippen LogP contribution in [-0.4, -0.2) is 15.0 Å². The minimum absolute atomic E-state index is 0.0563. The highest BCUT2D eigenvalue weighted by Gasteiger charge is 2.21. The lowest BCUT2D eigenvalue weighted by molar-refractivity contribution is 0.579. The standard InChI is InChI=1S/C15H22N4/c1-5-8-13-14(16)17-18-19(13)12-10-7-6-9-11(12)15(2,3)4/h6-7,9-10H,5,8,16H2,1-4H3. The molecule has 0 amide bonds. The van der Waals surface area contributed by atoms with Crippen molar-refractivity contribution in [3.05, 3.63) is 35.5 Å². The minimum Gasteiger partial charge on any atom is -0.381 e. The Morgan fingerprint density at radius 3 is 2.53 bits per heavy atom. The molecule has 0 aliphatic heterocycles. The van der Waals surface area contributed by atoms with Crippen LogP contribution in [0, 0.1) is 0 Å². The fourth-order valence-electron chi connectivity index (χ4n) is 2.27. The maximum absolute atomic E-state index is 5.93. The van der Waals surface area contributed by atoms with Crippen molar-refractivity contribution in [1.82, 2.24) is 15.0 Å². The summed E-state index contributed by atoms with van der Waals surface area (Å²) in [6.07, 6.45) is 1.91. The molecule has 4 nitrogen and oxygen atoms in total. The van der Waals surface area contributed by atoms with Crippen LogP contribution in [0.3, 0.4) is 0 Å². The lowest BCUT2D eigenvalue weighted by atomic mass is 9.86. The van der Waals surface area contributed by atoms with Gasteiger partial charge in [0.2, 0.25) is 0 Å².